The number of aliphatic imine (C=N–C) groups is 1. The van der Waals surface area contributed by atoms with Gasteiger partial charge >= 0.3 is 0 Å². The van der Waals surface area contributed by atoms with E-state index >= 15 is 0 Å². The molecule has 0 saturated heterocycles. The van der Waals surface area contributed by atoms with Crippen LogP contribution in [0.15, 0.2) is 47.5 Å². The van der Waals surface area contributed by atoms with Gasteiger partial charge in [-0.15, -0.1) is 24.0 Å². The van der Waals surface area contributed by atoms with Gasteiger partial charge in [-0.05, 0) is 29.8 Å². The Morgan fingerprint density at radius 2 is 1.75 bits per heavy atom. The molecule has 2 aromatic carbocycles. The van der Waals surface area contributed by atoms with E-state index in [0.717, 1.165) is 22.6 Å². The number of nitrogens with one attached hydrogen (secondary N) is 2. The van der Waals surface area contributed by atoms with Crippen LogP contribution in [-0.2, 0) is 11.3 Å². The highest BCUT2D eigenvalue weighted by Crippen LogP contribution is 2.24. The Labute approximate surface area is 182 Å². The van der Waals surface area contributed by atoms with Gasteiger partial charge in [0, 0.05) is 38.9 Å². The molecule has 0 heterocycles. The van der Waals surface area contributed by atoms with Crippen molar-refractivity contribution in [1.82, 2.24) is 10.6 Å². The molecule has 2 aromatic rings. The first kappa shape index (κ1) is 24.0. The van der Waals surface area contributed by atoms with Crippen LogP contribution in [0.4, 0.5) is 4.39 Å². The molecule has 0 spiro atoms. The van der Waals surface area contributed by atoms with Crippen molar-refractivity contribution < 1.29 is 18.6 Å². The molecular formula is C20H27FIN3O3. The van der Waals surface area contributed by atoms with Gasteiger partial charge in [0.1, 0.15) is 17.3 Å². The molecule has 1 atom stereocenters. The van der Waals surface area contributed by atoms with Gasteiger partial charge in [0.25, 0.3) is 0 Å². The quantitative estimate of drug-likeness (QED) is 0.328. The lowest BCUT2D eigenvalue weighted by molar-refractivity contribution is 0.106. The topological polar surface area (TPSA) is 64.1 Å². The van der Waals surface area contributed by atoms with E-state index in [1.54, 1.807) is 40.5 Å². The molecular weight excluding hydrogens is 476 g/mol. The predicted molar refractivity (Wildman–Crippen MR) is 119 cm³/mol. The van der Waals surface area contributed by atoms with Gasteiger partial charge in [-0.2, -0.15) is 0 Å². The zero-order valence-electron chi connectivity index (χ0n) is 16.5. The van der Waals surface area contributed by atoms with E-state index in [9.17, 15) is 4.39 Å². The van der Waals surface area contributed by atoms with Crippen LogP contribution in [0.5, 0.6) is 11.5 Å². The van der Waals surface area contributed by atoms with Crippen LogP contribution in [0.25, 0.3) is 0 Å². The molecule has 8 heteroatoms. The monoisotopic (exact) mass is 503 g/mol. The normalized spacial score (nSPS) is 12.0. The molecule has 1 unspecified atom stereocenters. The minimum absolute atomic E-state index is 0. The lowest BCUT2D eigenvalue weighted by Crippen LogP contribution is -2.39. The fourth-order valence-electron chi connectivity index (χ4n) is 2.60. The van der Waals surface area contributed by atoms with Crippen LogP contribution in [0.3, 0.4) is 0 Å². The minimum Gasteiger partial charge on any atom is -0.497 e. The lowest BCUT2D eigenvalue weighted by atomic mass is 10.1. The summed E-state index contributed by atoms with van der Waals surface area (Å²) < 4.78 is 29.2. The molecule has 0 bridgehead atoms. The van der Waals surface area contributed by atoms with Crippen molar-refractivity contribution in [1.29, 1.82) is 0 Å². The van der Waals surface area contributed by atoms with Crippen molar-refractivity contribution in [3.05, 3.63) is 59.4 Å². The van der Waals surface area contributed by atoms with Gasteiger partial charge < -0.3 is 24.8 Å². The summed E-state index contributed by atoms with van der Waals surface area (Å²) in [6.45, 7) is 1.02. The summed E-state index contributed by atoms with van der Waals surface area (Å²) in [7, 11) is 6.55. The fourth-order valence-corrected chi connectivity index (χ4v) is 2.60. The van der Waals surface area contributed by atoms with Crippen molar-refractivity contribution in [3.8, 4) is 11.5 Å². The molecule has 0 amide bonds. The number of halogens is 2. The van der Waals surface area contributed by atoms with E-state index in [1.807, 2.05) is 18.2 Å². The number of guanidine groups is 1. The van der Waals surface area contributed by atoms with Gasteiger partial charge in [-0.1, -0.05) is 12.1 Å². The number of rotatable bonds is 8. The van der Waals surface area contributed by atoms with Crippen molar-refractivity contribution in [3.63, 3.8) is 0 Å². The van der Waals surface area contributed by atoms with E-state index in [4.69, 9.17) is 14.2 Å². The van der Waals surface area contributed by atoms with Gasteiger partial charge in [-0.25, -0.2) is 4.39 Å². The number of ether oxygens (including phenoxy) is 3. The van der Waals surface area contributed by atoms with Gasteiger partial charge in [0.05, 0.1) is 20.3 Å². The van der Waals surface area contributed by atoms with Crippen LogP contribution in [0.1, 0.15) is 17.2 Å². The average molecular weight is 503 g/mol. The van der Waals surface area contributed by atoms with Gasteiger partial charge in [-0.3, -0.25) is 4.99 Å². The first-order valence-corrected chi connectivity index (χ1v) is 8.55. The fraction of sp³-hybridized carbons (Fsp3) is 0.350. The second-order valence-corrected chi connectivity index (χ2v) is 5.76. The van der Waals surface area contributed by atoms with Crippen LogP contribution in [0, 0.1) is 5.82 Å². The van der Waals surface area contributed by atoms with Crippen molar-refractivity contribution in [2.75, 3.05) is 34.9 Å². The summed E-state index contributed by atoms with van der Waals surface area (Å²) >= 11 is 0. The predicted octanol–water partition coefficient (Wildman–Crippen LogP) is 3.51. The first-order chi connectivity index (χ1) is 13.1. The highest BCUT2D eigenvalue weighted by Gasteiger charge is 2.12. The summed E-state index contributed by atoms with van der Waals surface area (Å²) in [5.41, 5.74) is 1.86. The maximum absolute atomic E-state index is 13.1. The zero-order chi connectivity index (χ0) is 19.6. The van der Waals surface area contributed by atoms with E-state index in [0.29, 0.717) is 19.0 Å². The Morgan fingerprint density at radius 3 is 2.32 bits per heavy atom. The third-order valence-electron chi connectivity index (χ3n) is 4.15. The molecule has 0 radical (unpaired) electrons. The molecule has 154 valence electrons. The second kappa shape index (κ2) is 12.4. The number of methoxy groups -OCH3 is 3. The first-order valence-electron chi connectivity index (χ1n) is 8.55. The van der Waals surface area contributed by atoms with Crippen molar-refractivity contribution in [2.24, 2.45) is 4.99 Å². The Morgan fingerprint density at radius 1 is 1.04 bits per heavy atom. The minimum atomic E-state index is -0.271. The largest absolute Gasteiger partial charge is 0.497 e. The highest BCUT2D eigenvalue weighted by atomic mass is 127. The Kier molecular flexibility index (Phi) is 10.6. The number of hydrogen-bond acceptors (Lipinski definition) is 4. The van der Waals surface area contributed by atoms with E-state index < -0.39 is 0 Å². The Bertz CT molecular complexity index is 757. The number of nitrogens with zero attached hydrogens (tertiary/aromatic N) is 1. The third kappa shape index (κ3) is 6.83. The summed E-state index contributed by atoms with van der Waals surface area (Å²) in [5, 5.41) is 6.46. The molecule has 2 rings (SSSR count). The van der Waals surface area contributed by atoms with Crippen molar-refractivity contribution in [2.45, 2.75) is 12.6 Å². The molecule has 0 aliphatic heterocycles. The molecule has 0 aliphatic carbocycles. The molecule has 0 aliphatic rings. The molecule has 0 saturated carbocycles. The summed E-state index contributed by atoms with van der Waals surface area (Å²) in [6, 6.07) is 11.9. The number of hydrogen-bond donors (Lipinski definition) is 2. The smallest absolute Gasteiger partial charge is 0.191 e. The van der Waals surface area contributed by atoms with Crippen molar-refractivity contribution >= 4 is 29.9 Å². The molecule has 28 heavy (non-hydrogen) atoms. The van der Waals surface area contributed by atoms with Crippen LogP contribution < -0.4 is 20.1 Å². The number of benzene rings is 2. The summed E-state index contributed by atoms with van der Waals surface area (Å²) in [5.74, 6) is 1.82. The summed E-state index contributed by atoms with van der Waals surface area (Å²) in [4.78, 5) is 4.22. The lowest BCUT2D eigenvalue weighted by Gasteiger charge is -2.19. The maximum Gasteiger partial charge on any atom is 0.191 e. The average Bonchev–Trinajstić information content (AvgIpc) is 2.71. The Hall–Kier alpha value is -2.07. The second-order valence-electron chi connectivity index (χ2n) is 5.76. The summed E-state index contributed by atoms with van der Waals surface area (Å²) in [6.07, 6.45) is -0.223. The third-order valence-corrected chi connectivity index (χ3v) is 4.15. The van der Waals surface area contributed by atoms with Crippen LogP contribution in [-0.4, -0.2) is 40.9 Å². The van der Waals surface area contributed by atoms with Gasteiger partial charge in [0.15, 0.2) is 5.96 Å². The van der Waals surface area contributed by atoms with E-state index in [2.05, 4.69) is 15.6 Å². The van der Waals surface area contributed by atoms with Crippen LogP contribution >= 0.6 is 24.0 Å². The molecule has 2 N–H and O–H groups in total. The van der Waals surface area contributed by atoms with E-state index in [-0.39, 0.29) is 35.9 Å². The zero-order valence-corrected chi connectivity index (χ0v) is 18.8. The molecule has 6 nitrogen and oxygen atoms in total. The SMILES string of the molecule is CN=C(NCc1ccc(OC)cc1OC)NCC(OC)c1ccc(F)cc1.I. The van der Waals surface area contributed by atoms with Gasteiger partial charge in [0.2, 0.25) is 0 Å². The molecule has 0 aromatic heterocycles. The van der Waals surface area contributed by atoms with Crippen LogP contribution in [0.2, 0.25) is 0 Å². The van der Waals surface area contributed by atoms with E-state index in [1.165, 1.54) is 12.1 Å². The maximum atomic E-state index is 13.1. The Balaban J connectivity index is 0.00000392. The highest BCUT2D eigenvalue weighted by molar-refractivity contribution is 14.0. The molecule has 0 fully saturated rings. The standard InChI is InChI=1S/C20H26FN3O3.HI/c1-22-20(23-12-15-7-10-17(25-2)11-18(15)26-3)24-13-19(27-4)14-5-8-16(21)9-6-14;/h5-11,19H,12-13H2,1-4H3,(H2,22,23,24);1H.